The molecule has 0 bridgehead atoms. The Kier molecular flexibility index (Phi) is 2.21. The molecule has 2 aromatic heterocycles. The van der Waals surface area contributed by atoms with Crippen molar-refractivity contribution < 1.29 is 0 Å². The van der Waals surface area contributed by atoms with E-state index in [4.69, 9.17) is 0 Å². The number of pyridine rings is 1. The molecule has 68 valence electrons. The first-order valence-corrected chi connectivity index (χ1v) is 6.93. The molecule has 2 heteroatoms. The fourth-order valence-electron chi connectivity index (χ4n) is 1.53. The zero-order chi connectivity index (χ0) is 9.47. The topological polar surface area (TPSA) is 12.9 Å². The van der Waals surface area contributed by atoms with Crippen molar-refractivity contribution in [1.29, 1.82) is 0 Å². The van der Waals surface area contributed by atoms with E-state index < -0.39 is 0 Å². The van der Waals surface area contributed by atoms with E-state index in [0.717, 1.165) is 0 Å². The molecule has 0 N–H and O–H groups in total. The summed E-state index contributed by atoms with van der Waals surface area (Å²) in [5.41, 5.74) is 1.69. The van der Waals surface area contributed by atoms with E-state index in [1.807, 2.05) is 6.20 Å². The molecule has 0 aromatic carbocycles. The molecule has 1 nitrogen and oxygen atoms in total. The van der Waals surface area contributed by atoms with Crippen molar-refractivity contribution in [3.8, 4) is 0 Å². The summed E-state index contributed by atoms with van der Waals surface area (Å²) in [5.74, 6) is 0. The van der Waals surface area contributed by atoms with Gasteiger partial charge in [0.1, 0.15) is 0 Å². The number of hydrogen-bond donors (Lipinski definition) is 0. The Labute approximate surface area is 88.4 Å². The van der Waals surface area contributed by atoms with Gasteiger partial charge in [0.05, 0.1) is 0 Å². The van der Waals surface area contributed by atoms with Crippen LogP contribution in [0.15, 0.2) is 22.4 Å². The van der Waals surface area contributed by atoms with Gasteiger partial charge >= 0.3 is 88.5 Å². The van der Waals surface area contributed by atoms with Crippen molar-refractivity contribution in [2.45, 2.75) is 26.2 Å². The zero-order valence-corrected chi connectivity index (χ0v) is 10.5. The summed E-state index contributed by atoms with van der Waals surface area (Å²) in [6.45, 7) is 6.78. The van der Waals surface area contributed by atoms with Crippen LogP contribution in [0.3, 0.4) is 0 Å². The quantitative estimate of drug-likeness (QED) is 0.679. The van der Waals surface area contributed by atoms with E-state index in [9.17, 15) is 0 Å². The van der Waals surface area contributed by atoms with E-state index in [1.54, 1.807) is 0 Å². The van der Waals surface area contributed by atoms with Crippen molar-refractivity contribution in [3.05, 3.63) is 28.0 Å². The maximum absolute atomic E-state index is 4.43. The average Bonchev–Trinajstić information content (AvgIpc) is 2.48. The van der Waals surface area contributed by atoms with E-state index >= 15 is 0 Å². The van der Waals surface area contributed by atoms with Crippen molar-refractivity contribution >= 4 is 29.3 Å². The van der Waals surface area contributed by atoms with Gasteiger partial charge in [-0.2, -0.15) is 0 Å². The normalized spacial score (nSPS) is 12.2. The molecule has 0 aliphatic heterocycles. The summed E-state index contributed by atoms with van der Waals surface area (Å²) < 4.78 is 3.68. The molecule has 0 spiro atoms. The van der Waals surface area contributed by atoms with Crippen LogP contribution in [0.4, 0.5) is 0 Å². The fraction of sp³-hybridized carbons (Fsp3) is 0.364. The molecule has 13 heavy (non-hydrogen) atoms. The maximum atomic E-state index is 4.43. The molecule has 0 radical (unpaired) electrons. The molecule has 0 saturated carbocycles. The Hall–Kier alpha value is -0.320. The first-order chi connectivity index (χ1) is 6.09. The number of nitrogens with zero attached hydrogens (tertiary/aromatic N) is 1. The molecule has 0 saturated heterocycles. The summed E-state index contributed by atoms with van der Waals surface area (Å²) in [6.07, 6.45) is 1.96. The standard InChI is InChI=1S/C11H13NTe/c1-11(2,3)9-4-6-12-10-8(9)5-7-13-10/h4-7H,1-3H3. The number of fused-ring (bicyclic) bond motifs is 1. The zero-order valence-electron chi connectivity index (χ0n) is 8.16. The van der Waals surface area contributed by atoms with Gasteiger partial charge in [-0.25, -0.2) is 0 Å². The second kappa shape index (κ2) is 3.11. The van der Waals surface area contributed by atoms with Crippen LogP contribution in [0.2, 0.25) is 0 Å². The van der Waals surface area contributed by atoms with E-state index in [1.165, 1.54) is 14.5 Å². The Morgan fingerprint density at radius 2 is 2.00 bits per heavy atom. The minimum absolute atomic E-state index is 0.104. The van der Waals surface area contributed by atoms with Gasteiger partial charge in [-0.1, -0.05) is 0 Å². The van der Waals surface area contributed by atoms with Crippen LogP contribution in [0.1, 0.15) is 26.3 Å². The third-order valence-electron chi connectivity index (χ3n) is 2.18. The minimum atomic E-state index is -0.104. The Morgan fingerprint density at radius 3 is 2.69 bits per heavy atom. The first-order valence-electron chi connectivity index (χ1n) is 4.42. The molecule has 2 rings (SSSR count). The molecular weight excluding hydrogens is 274 g/mol. The van der Waals surface area contributed by atoms with Gasteiger partial charge in [-0.3, -0.25) is 0 Å². The van der Waals surface area contributed by atoms with Gasteiger partial charge in [0.25, 0.3) is 0 Å². The summed E-state index contributed by atoms with van der Waals surface area (Å²) in [6, 6.07) is 4.41. The van der Waals surface area contributed by atoms with Gasteiger partial charge in [0.2, 0.25) is 0 Å². The van der Waals surface area contributed by atoms with E-state index in [-0.39, 0.29) is 25.8 Å². The van der Waals surface area contributed by atoms with Crippen molar-refractivity contribution in [1.82, 2.24) is 4.98 Å². The SMILES string of the molecule is CC(C)(C)c1ccnc2[te]ccc12. The summed E-state index contributed by atoms with van der Waals surface area (Å²) in [7, 11) is 0. The van der Waals surface area contributed by atoms with Crippen molar-refractivity contribution in [2.75, 3.05) is 0 Å². The van der Waals surface area contributed by atoms with E-state index in [0.29, 0.717) is 0 Å². The van der Waals surface area contributed by atoms with Crippen LogP contribution in [0.25, 0.3) is 8.92 Å². The Balaban J connectivity index is 2.75. The van der Waals surface area contributed by atoms with Crippen LogP contribution in [0, 0.1) is 0 Å². The molecule has 0 amide bonds. The molecule has 0 atom stereocenters. The predicted molar refractivity (Wildman–Crippen MR) is 57.4 cm³/mol. The van der Waals surface area contributed by atoms with Crippen LogP contribution < -0.4 is 0 Å². The summed E-state index contributed by atoms with van der Waals surface area (Å²) >= 11 is -0.104. The van der Waals surface area contributed by atoms with Crippen LogP contribution in [-0.2, 0) is 5.41 Å². The summed E-state index contributed by atoms with van der Waals surface area (Å²) in [4.78, 5) is 4.43. The molecule has 2 aromatic rings. The van der Waals surface area contributed by atoms with Crippen molar-refractivity contribution in [3.63, 3.8) is 0 Å². The van der Waals surface area contributed by atoms with Crippen LogP contribution in [0.5, 0.6) is 0 Å². The van der Waals surface area contributed by atoms with Gasteiger partial charge in [0, 0.05) is 0 Å². The van der Waals surface area contributed by atoms with Gasteiger partial charge in [0.15, 0.2) is 0 Å². The van der Waals surface area contributed by atoms with Crippen LogP contribution in [-0.4, -0.2) is 25.4 Å². The Morgan fingerprint density at radius 1 is 1.23 bits per heavy atom. The van der Waals surface area contributed by atoms with E-state index in [2.05, 4.69) is 42.0 Å². The number of aromatic nitrogens is 1. The van der Waals surface area contributed by atoms with Gasteiger partial charge < -0.3 is 0 Å². The molecule has 0 aliphatic carbocycles. The number of hydrogen-bond acceptors (Lipinski definition) is 1. The first kappa shape index (κ1) is 9.24. The second-order valence-corrected chi connectivity index (χ2v) is 6.80. The molecule has 2 heterocycles. The summed E-state index contributed by atoms with van der Waals surface area (Å²) in [5, 5.41) is 1.40. The second-order valence-electron chi connectivity index (χ2n) is 4.25. The molecule has 0 unspecified atom stereocenters. The molecule has 0 fully saturated rings. The van der Waals surface area contributed by atoms with Gasteiger partial charge in [-0.05, 0) is 0 Å². The number of rotatable bonds is 0. The average molecular weight is 287 g/mol. The molecule has 0 aliphatic rings. The molecular formula is C11H13NTe. The fourth-order valence-corrected chi connectivity index (χ4v) is 3.70. The van der Waals surface area contributed by atoms with Crippen LogP contribution >= 0.6 is 0 Å². The third-order valence-corrected chi connectivity index (χ3v) is 4.52. The monoisotopic (exact) mass is 289 g/mol. The van der Waals surface area contributed by atoms with Gasteiger partial charge in [-0.15, -0.1) is 0 Å². The Bertz CT molecular complexity index is 423. The third kappa shape index (κ3) is 1.66. The van der Waals surface area contributed by atoms with Crippen molar-refractivity contribution in [2.24, 2.45) is 0 Å². The predicted octanol–water partition coefficient (Wildman–Crippen LogP) is 2.59.